The standard InChI is InChI=1S/C46H29N3.2C39H24N4/c1-2-10-30(11-3-1)32-18-21-33(22-19-32)45-40-25-24-38(37-23-20-31-12-4-5-13-34(31)26-37)28-42(40)47-46(48-45)49-43-17-9-8-16-39(43)41-27-35-14-6-7-15-36(35)29-44(41)49;1-2-8-27-21-30(14-13-25(27)7-1)31-15-16-35-34(23-31)38(26-17-19-40-20-18-26)42-39(41-35)43-36-12-6-5-11-32(36)33-22-28-9-3-4-10-29(28)24-37(33)43;1-2-8-27-21-30(14-13-25(27)7-1)31-15-16-33-35(23-31)41-39(42-38(33)26-17-19-40-20-18-26)43-36-12-6-5-11-32(36)34-22-28-9-3-4-10-29(28)24-37(34)43/h1-29H;2*1-24H/i;;1D,2D,7D,8D,13D,14D,21D. The van der Waals surface area contributed by atoms with E-state index in [1.165, 1.54) is 81.3 Å². The van der Waals surface area contributed by atoms with E-state index in [0.29, 0.717) is 34.6 Å². The normalized spacial score (nSPS) is 12.4. The molecular weight excluding hydrogens is 1640 g/mol. The second kappa shape index (κ2) is 32.4. The molecule has 0 unspecified atom stereocenters. The number of fused-ring (bicyclic) bond motifs is 18. The van der Waals surface area contributed by atoms with E-state index in [1.54, 1.807) is 24.5 Å². The fourth-order valence-corrected chi connectivity index (χ4v) is 19.6. The second-order valence-corrected chi connectivity index (χ2v) is 34.1. The zero-order valence-corrected chi connectivity index (χ0v) is 72.3. The molecule has 0 aliphatic heterocycles. The van der Waals surface area contributed by atoms with Gasteiger partial charge in [-0.3, -0.25) is 23.7 Å². The van der Waals surface area contributed by atoms with Gasteiger partial charge in [0.2, 0.25) is 17.8 Å². The summed E-state index contributed by atoms with van der Waals surface area (Å²) in [6.45, 7) is 0. The van der Waals surface area contributed by atoms with E-state index in [1.807, 2.05) is 77.6 Å². The number of para-hydroxylation sites is 3. The van der Waals surface area contributed by atoms with Gasteiger partial charge in [0, 0.05) is 90.0 Å². The Bertz CT molecular complexity index is 10100. The SMILES string of the molecule is [2H]c1c([2H])c([2H])c2c([2H])c(-c3ccc4c(-c5ccncc5)nc(-n5c6ccccc6c6cc7ccccc7cc65)nc4c3)c([2H])c([2H])c2c1[2H].c1ccc(-c2ccc(-c3nc(-n4c5ccccc5c5cc6ccccc6cc54)nc4cc(-c5ccc6ccccc6c5)ccc34)cc2)cc1.c1ccc2cc(-c3ccc4nc(-n5c6ccccc6c6cc7ccccc7cc65)nc(-c5ccncc5)c4c3)ccc2c1. The highest BCUT2D eigenvalue weighted by Crippen LogP contribution is 2.44. The lowest BCUT2D eigenvalue weighted by Gasteiger charge is -2.14. The van der Waals surface area contributed by atoms with Crippen molar-refractivity contribution < 1.29 is 9.60 Å². The summed E-state index contributed by atoms with van der Waals surface area (Å²) in [5.41, 5.74) is 21.4. The summed E-state index contributed by atoms with van der Waals surface area (Å²) in [4.78, 5) is 40.0. The lowest BCUT2D eigenvalue weighted by Crippen LogP contribution is -2.03. The minimum absolute atomic E-state index is 0.0865. The van der Waals surface area contributed by atoms with Crippen molar-refractivity contribution in [3.63, 3.8) is 0 Å². The van der Waals surface area contributed by atoms with Crippen LogP contribution in [0.2, 0.25) is 0 Å². The predicted molar refractivity (Wildman–Crippen MR) is 560 cm³/mol. The number of rotatable bonds is 10. The topological polar surface area (TPSA) is 118 Å². The first-order valence-corrected chi connectivity index (χ1v) is 45.0. The van der Waals surface area contributed by atoms with Gasteiger partial charge in [-0.1, -0.05) is 309 Å². The van der Waals surface area contributed by atoms with Gasteiger partial charge in [-0.15, -0.1) is 0 Å². The molecule has 0 fully saturated rings. The molecule has 11 heteroatoms. The van der Waals surface area contributed by atoms with Crippen LogP contribution in [0.5, 0.6) is 0 Å². The van der Waals surface area contributed by atoms with E-state index in [0.717, 1.165) is 127 Å². The molecule has 0 bridgehead atoms. The molecule has 0 saturated heterocycles. The number of nitrogens with zero attached hydrogens (tertiary/aromatic N) is 11. The van der Waals surface area contributed by atoms with E-state index in [2.05, 4.69) is 347 Å². The van der Waals surface area contributed by atoms with Crippen molar-refractivity contribution in [2.75, 3.05) is 0 Å². The highest BCUT2D eigenvalue weighted by atomic mass is 15.2. The molecule has 0 radical (unpaired) electrons. The lowest BCUT2D eigenvalue weighted by atomic mass is 9.98. The van der Waals surface area contributed by atoms with Gasteiger partial charge < -0.3 is 0 Å². The van der Waals surface area contributed by atoms with Crippen molar-refractivity contribution in [1.29, 1.82) is 0 Å². The average molecular weight is 1730 g/mol. The summed E-state index contributed by atoms with van der Waals surface area (Å²) >= 11 is 0. The van der Waals surface area contributed by atoms with Crippen molar-refractivity contribution in [3.8, 4) is 96.1 Å². The Labute approximate surface area is 784 Å². The van der Waals surface area contributed by atoms with Crippen LogP contribution in [-0.4, -0.2) is 53.6 Å². The maximum absolute atomic E-state index is 9.11. The molecule has 11 nitrogen and oxygen atoms in total. The van der Waals surface area contributed by atoms with Crippen molar-refractivity contribution in [3.05, 3.63) is 467 Å². The molecule has 0 spiro atoms. The number of aromatic nitrogens is 11. The van der Waals surface area contributed by atoms with Crippen LogP contribution in [0.1, 0.15) is 9.60 Å². The van der Waals surface area contributed by atoms with Crippen LogP contribution in [0.4, 0.5) is 0 Å². The third-order valence-corrected chi connectivity index (χ3v) is 26.2. The molecule has 0 N–H and O–H groups in total. The second-order valence-electron chi connectivity index (χ2n) is 34.1. The minimum atomic E-state index is -0.501. The molecule has 8 heterocycles. The molecule has 28 rings (SSSR count). The summed E-state index contributed by atoms with van der Waals surface area (Å²) in [6.07, 6.45) is 7.05. The van der Waals surface area contributed by atoms with Crippen molar-refractivity contribution in [2.45, 2.75) is 0 Å². The van der Waals surface area contributed by atoms with Gasteiger partial charge in [0.15, 0.2) is 0 Å². The lowest BCUT2D eigenvalue weighted by molar-refractivity contribution is 1.01. The van der Waals surface area contributed by atoms with Gasteiger partial charge in [0.05, 0.1) is 76.3 Å². The summed E-state index contributed by atoms with van der Waals surface area (Å²) in [5, 5.41) is 21.3. The Hall–Kier alpha value is -18.3. The number of hydrogen-bond donors (Lipinski definition) is 0. The van der Waals surface area contributed by atoms with Gasteiger partial charge in [0.25, 0.3) is 0 Å². The van der Waals surface area contributed by atoms with Gasteiger partial charge in [0.1, 0.15) is 0 Å². The Morgan fingerprint density at radius 3 is 0.956 bits per heavy atom. The van der Waals surface area contributed by atoms with E-state index in [-0.39, 0.29) is 34.5 Å². The molecule has 8 aromatic heterocycles. The van der Waals surface area contributed by atoms with Crippen molar-refractivity contribution in [2.24, 2.45) is 0 Å². The maximum Gasteiger partial charge on any atom is 0.235 e. The molecule has 20 aromatic carbocycles. The molecular formula is C124H77N11. The Balaban J connectivity index is 0.000000109. The van der Waals surface area contributed by atoms with E-state index < -0.39 is 24.2 Å². The molecule has 0 atom stereocenters. The van der Waals surface area contributed by atoms with Crippen LogP contribution >= 0.6 is 0 Å². The third-order valence-electron chi connectivity index (χ3n) is 26.2. The molecule has 0 amide bonds. The first-order chi connectivity index (χ1) is 69.8. The molecule has 0 saturated carbocycles. The van der Waals surface area contributed by atoms with E-state index in [4.69, 9.17) is 39.5 Å². The third kappa shape index (κ3) is 13.8. The van der Waals surface area contributed by atoms with Gasteiger partial charge in [-0.2, -0.15) is 0 Å². The fraction of sp³-hybridized carbons (Fsp3) is 0. The van der Waals surface area contributed by atoms with E-state index in [9.17, 15) is 0 Å². The molecule has 0 aliphatic rings. The number of benzene rings is 20. The Morgan fingerprint density at radius 1 is 0.170 bits per heavy atom. The first kappa shape index (κ1) is 70.6. The van der Waals surface area contributed by atoms with Crippen LogP contribution in [0, 0.1) is 0 Å². The molecule has 135 heavy (non-hydrogen) atoms. The zero-order valence-electron chi connectivity index (χ0n) is 79.3. The number of pyridine rings is 2. The molecule has 28 aromatic rings. The summed E-state index contributed by atoms with van der Waals surface area (Å²) < 4.78 is 66.6. The highest BCUT2D eigenvalue weighted by Gasteiger charge is 2.25. The smallest absolute Gasteiger partial charge is 0.235 e. The fourth-order valence-electron chi connectivity index (χ4n) is 19.6. The minimum Gasteiger partial charge on any atom is -0.278 e. The quantitative estimate of drug-likeness (QED) is 0.133. The van der Waals surface area contributed by atoms with Crippen LogP contribution in [0.25, 0.3) is 259 Å². The van der Waals surface area contributed by atoms with Crippen LogP contribution < -0.4 is 0 Å². The Morgan fingerprint density at radius 2 is 0.496 bits per heavy atom. The predicted octanol–water partition coefficient (Wildman–Crippen LogP) is 31.6. The van der Waals surface area contributed by atoms with Crippen LogP contribution in [-0.2, 0) is 0 Å². The van der Waals surface area contributed by atoms with Gasteiger partial charge in [-0.05, 0) is 243 Å². The summed E-state index contributed by atoms with van der Waals surface area (Å²) in [5.74, 6) is 1.74. The number of hydrogen-bond acceptors (Lipinski definition) is 8. The van der Waals surface area contributed by atoms with Crippen molar-refractivity contribution in [1.82, 2.24) is 53.6 Å². The summed E-state index contributed by atoms with van der Waals surface area (Å²) in [7, 11) is 0. The maximum atomic E-state index is 9.11. The van der Waals surface area contributed by atoms with Gasteiger partial charge >= 0.3 is 0 Å². The molecule has 628 valence electrons. The van der Waals surface area contributed by atoms with Gasteiger partial charge in [-0.25, -0.2) is 29.9 Å². The largest absolute Gasteiger partial charge is 0.278 e. The van der Waals surface area contributed by atoms with Crippen LogP contribution in [0.15, 0.2) is 467 Å². The molecule has 0 aliphatic carbocycles. The average Bonchev–Trinajstić information content (AvgIpc) is 1.72. The highest BCUT2D eigenvalue weighted by molar-refractivity contribution is 6.17. The Kier molecular flexibility index (Phi) is 17.0. The zero-order chi connectivity index (χ0) is 95.1. The van der Waals surface area contributed by atoms with Crippen LogP contribution in [0.3, 0.4) is 0 Å². The summed E-state index contributed by atoms with van der Waals surface area (Å²) in [6, 6.07) is 137. The first-order valence-electron chi connectivity index (χ1n) is 48.5. The monoisotopic (exact) mass is 1730 g/mol. The van der Waals surface area contributed by atoms with E-state index >= 15 is 0 Å². The van der Waals surface area contributed by atoms with Crippen molar-refractivity contribution >= 4 is 163 Å².